The fourth-order valence-corrected chi connectivity index (χ4v) is 0.575. The third-order valence-corrected chi connectivity index (χ3v) is 1.48. The minimum Gasteiger partial charge on any atom is -0.217 e. The third kappa shape index (κ3) is 2.20. The van der Waals surface area contributed by atoms with E-state index in [0.717, 1.165) is 0 Å². The highest BCUT2D eigenvalue weighted by Gasteiger charge is 2.79. The van der Waals surface area contributed by atoms with Crippen LogP contribution in [-0.4, -0.2) is 35.5 Å². The number of halogens is 9. The molecule has 0 bridgehead atoms. The van der Waals surface area contributed by atoms with Gasteiger partial charge in [0, 0.05) is 0 Å². The van der Waals surface area contributed by atoms with E-state index >= 15 is 0 Å². The molecule has 0 heterocycles. The summed E-state index contributed by atoms with van der Waals surface area (Å²) in [5, 5.41) is 6.40. The van der Waals surface area contributed by atoms with Crippen LogP contribution in [0.25, 0.3) is 0 Å². The van der Waals surface area contributed by atoms with Gasteiger partial charge in [0.2, 0.25) is 0 Å². The first-order valence-corrected chi connectivity index (χ1v) is 3.38. The van der Waals surface area contributed by atoms with E-state index in [0.29, 0.717) is 0 Å². The molecule has 3 nitrogen and oxygen atoms in total. The fraction of sp³-hybridized carbons (Fsp3) is 0.800. The van der Waals surface area contributed by atoms with Crippen molar-refractivity contribution in [2.24, 2.45) is 0 Å². The van der Waals surface area contributed by atoms with E-state index in [1.165, 1.54) is 0 Å². The van der Waals surface area contributed by atoms with Crippen LogP contribution in [0.3, 0.4) is 0 Å². The molecule has 0 aliphatic heterocycles. The van der Waals surface area contributed by atoms with E-state index < -0.39 is 35.5 Å². The molecule has 0 saturated heterocycles. The summed E-state index contributed by atoms with van der Waals surface area (Å²) in [4.78, 5) is 9.48. The molecule has 0 aromatic rings. The van der Waals surface area contributed by atoms with Crippen LogP contribution in [0.15, 0.2) is 0 Å². The van der Waals surface area contributed by atoms with Crippen LogP contribution in [0.4, 0.5) is 44.4 Å². The lowest BCUT2D eigenvalue weighted by atomic mass is 10.1. The zero-order valence-corrected chi connectivity index (χ0v) is 7.24. The topological polar surface area (TPSA) is 40.2 Å². The van der Waals surface area contributed by atoms with Crippen molar-refractivity contribution in [3.05, 3.63) is 0 Å². The molecule has 12 heteroatoms. The number of hydrogen-bond acceptors (Lipinski definition) is 1. The maximum atomic E-state index is 12.3. The molecule has 0 fully saturated rings. The normalized spacial score (nSPS) is 14.0. The number of carbonyl (C=O) groups excluding carboxylic acids is 1. The van der Waals surface area contributed by atoms with E-state index in [9.17, 15) is 49.5 Å². The van der Waals surface area contributed by atoms with Gasteiger partial charge in [0.1, 0.15) is 0 Å². The van der Waals surface area contributed by atoms with Gasteiger partial charge in [0.05, 0.1) is 0 Å². The summed E-state index contributed by atoms with van der Waals surface area (Å²) in [5.41, 5.74) is 0. The Kier molecular flexibility index (Phi) is 3.81. The summed E-state index contributed by atoms with van der Waals surface area (Å²) in [6.07, 6.45) is -8.86. The van der Waals surface area contributed by atoms with Gasteiger partial charge in [-0.3, -0.25) is 0 Å². The second kappa shape index (κ2) is 4.14. The van der Waals surface area contributed by atoms with E-state index in [4.69, 9.17) is 0 Å². The van der Waals surface area contributed by atoms with E-state index in [1.54, 1.807) is 0 Å². The Morgan fingerprint density at radius 3 is 1.59 bits per heavy atom. The first-order valence-electron chi connectivity index (χ1n) is 3.38. The van der Waals surface area contributed by atoms with Gasteiger partial charge >= 0.3 is 30.4 Å². The summed E-state index contributed by atoms with van der Waals surface area (Å²) in [6.45, 7) is 0. The average molecular weight is 278 g/mol. The van der Waals surface area contributed by atoms with Crippen molar-refractivity contribution in [3.8, 4) is 0 Å². The maximum Gasteiger partial charge on any atom is 0.486 e. The molecule has 0 atom stereocenters. The van der Waals surface area contributed by atoms with Gasteiger partial charge in [-0.25, -0.2) is 18.7 Å². The molecule has 1 radical (unpaired) electrons. The minimum absolute atomic E-state index is 3.08. The standard InChI is InChI=1S/C5HF9NO2/c6-1(7)3(8,9)4(10,11)5(12,13)15(14)2(16)17/h1H. The number of hydrogen-bond donors (Lipinski definition) is 0. The van der Waals surface area contributed by atoms with E-state index in [-0.39, 0.29) is 0 Å². The van der Waals surface area contributed by atoms with Crippen LogP contribution in [0.5, 0.6) is 0 Å². The van der Waals surface area contributed by atoms with Gasteiger partial charge in [0.15, 0.2) is 0 Å². The highest BCUT2D eigenvalue weighted by molar-refractivity contribution is 5.63. The molecule has 17 heavy (non-hydrogen) atoms. The minimum atomic E-state index is -6.97. The van der Waals surface area contributed by atoms with Crippen molar-refractivity contribution in [1.82, 2.24) is 5.12 Å². The van der Waals surface area contributed by atoms with Gasteiger partial charge in [-0.1, -0.05) is 9.60 Å². The van der Waals surface area contributed by atoms with Gasteiger partial charge in [-0.15, -0.1) is 0 Å². The van der Waals surface area contributed by atoms with E-state index in [2.05, 4.69) is 0 Å². The number of carbonyl (C=O) groups is 1. The third-order valence-electron chi connectivity index (χ3n) is 1.48. The Morgan fingerprint density at radius 1 is 1.00 bits per heavy atom. The molecule has 0 aromatic heterocycles. The predicted octanol–water partition coefficient (Wildman–Crippen LogP) is 2.85. The summed E-state index contributed by atoms with van der Waals surface area (Å²) in [5.74, 6) is -13.6. The highest BCUT2D eigenvalue weighted by atomic mass is 19.4. The van der Waals surface area contributed by atoms with Gasteiger partial charge < -0.3 is 0 Å². The second-order valence-electron chi connectivity index (χ2n) is 2.59. The second-order valence-corrected chi connectivity index (χ2v) is 2.59. The zero-order valence-electron chi connectivity index (χ0n) is 7.24. The predicted molar refractivity (Wildman–Crippen MR) is 29.9 cm³/mol. The van der Waals surface area contributed by atoms with Gasteiger partial charge in [-0.05, 0) is 0 Å². The molecular weight excluding hydrogens is 277 g/mol. The largest absolute Gasteiger partial charge is 0.486 e. The molecule has 0 spiro atoms. The Bertz CT molecular complexity index is 304. The molecule has 0 N–H and O–H groups in total. The fourth-order valence-electron chi connectivity index (χ4n) is 0.575. The molecule has 0 aliphatic rings. The molecular formula is C5HF9NO2. The van der Waals surface area contributed by atoms with Crippen LogP contribution < -0.4 is 0 Å². The first-order chi connectivity index (χ1) is 7.30. The highest BCUT2D eigenvalue weighted by Crippen LogP contribution is 2.49. The van der Waals surface area contributed by atoms with Crippen LogP contribution >= 0.6 is 0 Å². The van der Waals surface area contributed by atoms with Crippen LogP contribution in [0.2, 0.25) is 0 Å². The number of alkyl halides is 8. The smallest absolute Gasteiger partial charge is 0.217 e. The van der Waals surface area contributed by atoms with Gasteiger partial charge in [-0.2, -0.15) is 26.3 Å². The Labute approximate surface area is 86.3 Å². The number of amides is 1. The molecule has 0 rings (SSSR count). The van der Waals surface area contributed by atoms with E-state index in [1.807, 2.05) is 0 Å². The SMILES string of the molecule is [O]C(=O)N(F)C(F)(F)C(F)(F)C(F)(F)C(F)F. The van der Waals surface area contributed by atoms with Crippen molar-refractivity contribution in [3.63, 3.8) is 0 Å². The Balaban J connectivity index is 5.51. The molecule has 0 aliphatic carbocycles. The van der Waals surface area contributed by atoms with Crippen LogP contribution in [-0.2, 0) is 5.11 Å². The monoisotopic (exact) mass is 278 g/mol. The van der Waals surface area contributed by atoms with Crippen LogP contribution in [0.1, 0.15) is 0 Å². The lowest BCUT2D eigenvalue weighted by Crippen LogP contribution is -2.63. The summed E-state index contributed by atoms with van der Waals surface area (Å²) >= 11 is 0. The zero-order chi connectivity index (χ0) is 14.2. The summed E-state index contributed by atoms with van der Waals surface area (Å²) < 4.78 is 108. The average Bonchev–Trinajstić information content (AvgIpc) is 2.15. The summed E-state index contributed by atoms with van der Waals surface area (Å²) in [7, 11) is 0. The number of nitrogens with zero attached hydrogens (tertiary/aromatic N) is 1. The molecule has 101 valence electrons. The lowest BCUT2D eigenvalue weighted by molar-refractivity contribution is -0.391. The van der Waals surface area contributed by atoms with Crippen molar-refractivity contribution in [2.75, 3.05) is 0 Å². The van der Waals surface area contributed by atoms with Crippen molar-refractivity contribution >= 4 is 6.09 Å². The summed E-state index contributed by atoms with van der Waals surface area (Å²) in [6, 6.07) is -6.72. The Morgan fingerprint density at radius 2 is 1.35 bits per heavy atom. The number of rotatable bonds is 4. The van der Waals surface area contributed by atoms with Crippen LogP contribution in [0, 0.1) is 0 Å². The molecule has 0 unspecified atom stereocenters. The van der Waals surface area contributed by atoms with Crippen molar-refractivity contribution in [1.29, 1.82) is 0 Å². The lowest BCUT2D eigenvalue weighted by Gasteiger charge is -2.32. The quantitative estimate of drug-likeness (QED) is 0.443. The van der Waals surface area contributed by atoms with Crippen molar-refractivity contribution < 1.29 is 49.5 Å². The molecule has 1 amide bonds. The Hall–Kier alpha value is -1.36. The van der Waals surface area contributed by atoms with Crippen molar-refractivity contribution in [2.45, 2.75) is 24.3 Å². The molecule has 0 saturated carbocycles. The maximum absolute atomic E-state index is 12.3. The molecule has 0 aromatic carbocycles. The van der Waals surface area contributed by atoms with Gasteiger partial charge in [0.25, 0.3) is 0 Å². The first kappa shape index (κ1) is 15.6.